The Bertz CT molecular complexity index is 1460. The van der Waals surface area contributed by atoms with Crippen molar-refractivity contribution >= 4 is 84.6 Å². The Morgan fingerprint density at radius 3 is 1.29 bits per heavy atom. The van der Waals surface area contributed by atoms with Crippen molar-refractivity contribution in [3.05, 3.63) is 36.4 Å². The molecule has 0 bridgehead atoms. The van der Waals surface area contributed by atoms with E-state index in [1.165, 1.54) is 0 Å². The van der Waals surface area contributed by atoms with Crippen LogP contribution in [0, 0.1) is 0 Å². The summed E-state index contributed by atoms with van der Waals surface area (Å²) in [5.74, 6) is 0. The van der Waals surface area contributed by atoms with Gasteiger partial charge in [0.1, 0.15) is 28.7 Å². The van der Waals surface area contributed by atoms with Crippen molar-refractivity contribution in [1.29, 1.82) is 0 Å². The Labute approximate surface area is 212 Å². The van der Waals surface area contributed by atoms with Crippen molar-refractivity contribution in [2.75, 3.05) is 0 Å². The molecule has 0 aliphatic carbocycles. The van der Waals surface area contributed by atoms with Gasteiger partial charge in [0.15, 0.2) is 0 Å². The summed E-state index contributed by atoms with van der Waals surface area (Å²) in [4.78, 5) is 0. The monoisotopic (exact) mass is 468 g/mol. The molecule has 5 aromatic rings. The number of hydrogen-bond acceptors (Lipinski definition) is 8. The molecule has 0 radical (unpaired) electrons. The van der Waals surface area contributed by atoms with Gasteiger partial charge in [0.2, 0.25) is 0 Å². The van der Waals surface area contributed by atoms with E-state index in [-0.39, 0.29) is 67.5 Å². The molecule has 2 aromatic heterocycles. The zero-order valence-electron chi connectivity index (χ0n) is 14.5. The zero-order chi connectivity index (χ0) is 18.4. The van der Waals surface area contributed by atoms with Crippen LogP contribution in [-0.4, -0.2) is 25.9 Å². The number of fused-ring (bicyclic) bond motifs is 2. The average molecular weight is 468 g/mol. The smallest absolute Gasteiger partial charge is 0.743 e. The molecular weight excluding hydrogens is 462 g/mol. The summed E-state index contributed by atoms with van der Waals surface area (Å²) in [7, 11) is -9.44. The number of thiophene rings is 2. The first-order chi connectivity index (χ1) is 12.2. The summed E-state index contributed by atoms with van der Waals surface area (Å²) < 4.78 is 71.5. The van der Waals surface area contributed by atoms with E-state index >= 15 is 0 Å². The van der Waals surface area contributed by atoms with Crippen LogP contribution in [0.25, 0.3) is 41.7 Å². The molecule has 0 saturated carbocycles. The summed E-state index contributed by atoms with van der Waals surface area (Å²) in [5, 5.41) is 2.50. The fourth-order valence-electron chi connectivity index (χ4n) is 3.51. The predicted octanol–water partition coefficient (Wildman–Crippen LogP) is -2.32. The van der Waals surface area contributed by atoms with Gasteiger partial charge in [-0.15, -0.1) is 22.7 Å². The Hall–Kier alpha value is 0.180. The first-order valence-electron chi connectivity index (χ1n) is 7.21. The first-order valence-corrected chi connectivity index (χ1v) is 11.7. The van der Waals surface area contributed by atoms with Gasteiger partial charge < -0.3 is 9.11 Å². The van der Waals surface area contributed by atoms with Crippen molar-refractivity contribution < 1.29 is 85.1 Å². The van der Waals surface area contributed by atoms with Crippen LogP contribution in [-0.2, 0) is 20.2 Å². The van der Waals surface area contributed by atoms with Gasteiger partial charge in [-0.3, -0.25) is 0 Å². The van der Waals surface area contributed by atoms with Crippen LogP contribution < -0.4 is 59.1 Å². The first kappa shape index (κ1) is 22.9. The third-order valence-electron chi connectivity index (χ3n) is 4.36. The largest absolute Gasteiger partial charge is 1.00 e. The van der Waals surface area contributed by atoms with E-state index in [0.29, 0.717) is 41.7 Å². The summed E-state index contributed by atoms with van der Waals surface area (Å²) >= 11 is 1.71. The van der Waals surface area contributed by atoms with Crippen molar-refractivity contribution in [3.63, 3.8) is 0 Å². The standard InChI is InChI=1S/C16H8O6S4.2Na/c17-25(18,19)15-13-7-3-1-5-9-11(7)14(16(23-9)26(20,21)22)8-4-2-6-10(24-15)12(8)13;;/h1-6H,(H,17,18,19)(H,20,21,22);;/q;2*+1/p-2. The second-order valence-electron chi connectivity index (χ2n) is 5.79. The van der Waals surface area contributed by atoms with Crippen LogP contribution in [0.4, 0.5) is 0 Å². The number of benzene rings is 3. The van der Waals surface area contributed by atoms with E-state index in [9.17, 15) is 25.9 Å². The van der Waals surface area contributed by atoms with Gasteiger partial charge in [-0.25, -0.2) is 16.8 Å². The van der Waals surface area contributed by atoms with Crippen molar-refractivity contribution in [1.82, 2.24) is 0 Å². The fourth-order valence-corrected chi connectivity index (χ4v) is 7.74. The second-order valence-corrected chi connectivity index (χ2v) is 11.0. The molecule has 0 aliphatic rings. The maximum absolute atomic E-state index is 11.8. The Morgan fingerprint density at radius 2 is 0.964 bits per heavy atom. The molecule has 2 heterocycles. The van der Waals surface area contributed by atoms with Gasteiger partial charge in [0.25, 0.3) is 0 Å². The Balaban J connectivity index is 0.00000112. The minimum Gasteiger partial charge on any atom is -0.743 e. The van der Waals surface area contributed by atoms with Crippen LogP contribution in [0.2, 0.25) is 0 Å². The summed E-state index contributed by atoms with van der Waals surface area (Å²) in [6.45, 7) is 0. The van der Waals surface area contributed by atoms with E-state index < -0.39 is 20.2 Å². The molecule has 0 atom stereocenters. The quantitative estimate of drug-likeness (QED) is 0.163. The maximum Gasteiger partial charge on any atom is 1.00 e. The van der Waals surface area contributed by atoms with Crippen LogP contribution in [0.3, 0.4) is 0 Å². The molecule has 5 rings (SSSR count). The average Bonchev–Trinajstić information content (AvgIpc) is 3.12. The van der Waals surface area contributed by atoms with Crippen LogP contribution in [0.5, 0.6) is 0 Å². The number of hydrogen-bond donors (Lipinski definition) is 0. The molecule has 0 fully saturated rings. The van der Waals surface area contributed by atoms with Crippen molar-refractivity contribution in [2.24, 2.45) is 0 Å². The maximum atomic E-state index is 11.8. The molecule has 28 heavy (non-hydrogen) atoms. The summed E-state index contributed by atoms with van der Waals surface area (Å²) in [5.41, 5.74) is 0. The van der Waals surface area contributed by atoms with Crippen molar-refractivity contribution in [2.45, 2.75) is 8.42 Å². The summed E-state index contributed by atoms with van der Waals surface area (Å²) in [6.07, 6.45) is 0. The van der Waals surface area contributed by atoms with Crippen molar-refractivity contribution in [3.8, 4) is 0 Å². The molecule has 0 aliphatic heterocycles. The second kappa shape index (κ2) is 7.40. The Kier molecular flexibility index (Phi) is 6.04. The Morgan fingerprint density at radius 1 is 0.607 bits per heavy atom. The molecule has 0 saturated heterocycles. The van der Waals surface area contributed by atoms with Crippen LogP contribution >= 0.6 is 22.7 Å². The molecule has 0 unspecified atom stereocenters. The third-order valence-corrected chi connectivity index (χ3v) is 9.30. The normalized spacial score (nSPS) is 12.6. The van der Waals surface area contributed by atoms with E-state index in [4.69, 9.17) is 0 Å². The van der Waals surface area contributed by atoms with E-state index in [2.05, 4.69) is 0 Å². The SMILES string of the molecule is O=S(=O)([O-])c1sc2cccc3c4c(S(=O)(=O)[O-])sc5cccc(c1c23)c54.[Na+].[Na+]. The summed E-state index contributed by atoms with van der Waals surface area (Å²) in [6, 6.07) is 9.93. The van der Waals surface area contributed by atoms with Gasteiger partial charge in [-0.2, -0.15) is 0 Å². The molecule has 0 spiro atoms. The van der Waals surface area contributed by atoms with E-state index in [1.54, 1.807) is 36.4 Å². The van der Waals surface area contributed by atoms with Crippen LogP contribution in [0.15, 0.2) is 44.8 Å². The molecule has 0 N–H and O–H groups in total. The number of rotatable bonds is 2. The topological polar surface area (TPSA) is 114 Å². The molecule has 0 amide bonds. The van der Waals surface area contributed by atoms with Gasteiger partial charge in [-0.05, 0) is 22.9 Å². The van der Waals surface area contributed by atoms with E-state index in [1.807, 2.05) is 0 Å². The van der Waals surface area contributed by atoms with Gasteiger partial charge in [0, 0.05) is 30.9 Å². The molecule has 3 aromatic carbocycles. The fraction of sp³-hybridized carbons (Fsp3) is 0. The predicted molar refractivity (Wildman–Crippen MR) is 99.3 cm³/mol. The molecule has 6 nitrogen and oxygen atoms in total. The van der Waals surface area contributed by atoms with Crippen LogP contribution in [0.1, 0.15) is 0 Å². The molecular formula is C16H6Na2O6S4. The van der Waals surface area contributed by atoms with Gasteiger partial charge in [0.05, 0.1) is 0 Å². The molecule has 132 valence electrons. The van der Waals surface area contributed by atoms with Gasteiger partial charge >= 0.3 is 59.1 Å². The third kappa shape index (κ3) is 3.19. The zero-order valence-corrected chi connectivity index (χ0v) is 21.8. The molecule has 12 heteroatoms. The minimum absolute atomic E-state index is 0. The van der Waals surface area contributed by atoms with E-state index in [0.717, 1.165) is 22.7 Å². The minimum atomic E-state index is -4.72. The van der Waals surface area contributed by atoms with Gasteiger partial charge in [-0.1, -0.05) is 24.3 Å².